The highest BCUT2D eigenvalue weighted by Gasteiger charge is 2.24. The van der Waals surface area contributed by atoms with E-state index in [-0.39, 0.29) is 5.91 Å². The summed E-state index contributed by atoms with van der Waals surface area (Å²) < 4.78 is 5.46. The van der Waals surface area contributed by atoms with E-state index in [4.69, 9.17) is 4.74 Å². The van der Waals surface area contributed by atoms with Crippen molar-refractivity contribution in [2.75, 3.05) is 46.4 Å². The number of hydrogen-bond donors (Lipinski definition) is 3. The van der Waals surface area contributed by atoms with Crippen LogP contribution in [-0.4, -0.2) is 75.3 Å². The van der Waals surface area contributed by atoms with Gasteiger partial charge in [-0.05, 0) is 25.2 Å². The van der Waals surface area contributed by atoms with E-state index in [9.17, 15) is 4.79 Å². The molecule has 0 bridgehead atoms. The lowest BCUT2D eigenvalue weighted by atomic mass is 10.0. The molecule has 2 aliphatic rings. The van der Waals surface area contributed by atoms with Crippen molar-refractivity contribution in [3.05, 3.63) is 0 Å². The molecular weight excluding hydrogens is 318 g/mol. The fraction of sp³-hybridized carbons (Fsp3) is 0.889. The number of guanidine groups is 1. The van der Waals surface area contributed by atoms with Crippen LogP contribution in [0.2, 0.25) is 0 Å². The van der Waals surface area contributed by atoms with Crippen molar-refractivity contribution < 1.29 is 9.53 Å². The van der Waals surface area contributed by atoms with Gasteiger partial charge in [-0.15, -0.1) is 0 Å². The molecule has 0 aromatic rings. The van der Waals surface area contributed by atoms with Gasteiger partial charge in [-0.1, -0.05) is 13.8 Å². The van der Waals surface area contributed by atoms with Crippen LogP contribution < -0.4 is 16.0 Å². The minimum Gasteiger partial charge on any atom is -0.379 e. The summed E-state index contributed by atoms with van der Waals surface area (Å²) in [5.74, 6) is 1.54. The van der Waals surface area contributed by atoms with Gasteiger partial charge in [0.05, 0.1) is 13.2 Å². The maximum atomic E-state index is 11.7. The zero-order chi connectivity index (χ0) is 18.1. The van der Waals surface area contributed by atoms with Gasteiger partial charge in [0.2, 0.25) is 5.91 Å². The molecule has 1 aliphatic carbocycles. The van der Waals surface area contributed by atoms with Gasteiger partial charge in [0.15, 0.2) is 5.96 Å². The van der Waals surface area contributed by atoms with Gasteiger partial charge >= 0.3 is 0 Å². The average Bonchev–Trinajstić information content (AvgIpc) is 3.41. The normalized spacial score (nSPS) is 20.4. The second-order valence-corrected chi connectivity index (χ2v) is 7.28. The zero-order valence-corrected chi connectivity index (χ0v) is 16.0. The maximum absolute atomic E-state index is 11.7. The van der Waals surface area contributed by atoms with E-state index in [1.807, 2.05) is 0 Å². The quantitative estimate of drug-likeness (QED) is 0.321. The van der Waals surface area contributed by atoms with Gasteiger partial charge in [-0.2, -0.15) is 0 Å². The standard InChI is InChI=1S/C18H35N5O2/c1-14(2)16(23-9-11-25-12-10-23)13-21-18(19-3)20-8-4-5-17(24)22-15-6-7-15/h14-16H,4-13H2,1-3H3,(H,22,24)(H2,19,20,21). The third-order valence-corrected chi connectivity index (χ3v) is 4.80. The fourth-order valence-electron chi connectivity index (χ4n) is 3.10. The van der Waals surface area contributed by atoms with E-state index in [0.717, 1.165) is 64.6 Å². The summed E-state index contributed by atoms with van der Waals surface area (Å²) in [5.41, 5.74) is 0. The minimum absolute atomic E-state index is 0.166. The second kappa shape index (κ2) is 10.6. The molecule has 1 saturated heterocycles. The fourth-order valence-corrected chi connectivity index (χ4v) is 3.10. The first kappa shape index (κ1) is 20.0. The minimum atomic E-state index is 0.166. The molecule has 0 aromatic heterocycles. The van der Waals surface area contributed by atoms with Crippen molar-refractivity contribution in [3.63, 3.8) is 0 Å². The molecule has 144 valence electrons. The largest absolute Gasteiger partial charge is 0.379 e. The summed E-state index contributed by atoms with van der Waals surface area (Å²) in [6.07, 6.45) is 3.67. The Bertz CT molecular complexity index is 431. The van der Waals surface area contributed by atoms with Crippen molar-refractivity contribution in [2.45, 2.75) is 51.6 Å². The van der Waals surface area contributed by atoms with Crippen LogP contribution in [0.15, 0.2) is 4.99 Å². The molecule has 1 heterocycles. The number of hydrogen-bond acceptors (Lipinski definition) is 4. The summed E-state index contributed by atoms with van der Waals surface area (Å²) in [4.78, 5) is 18.5. The van der Waals surface area contributed by atoms with Crippen molar-refractivity contribution in [1.82, 2.24) is 20.9 Å². The van der Waals surface area contributed by atoms with E-state index in [2.05, 4.69) is 39.7 Å². The molecule has 0 radical (unpaired) electrons. The van der Waals surface area contributed by atoms with E-state index >= 15 is 0 Å². The number of nitrogens with one attached hydrogen (secondary N) is 3. The Labute approximate surface area is 152 Å². The highest BCUT2D eigenvalue weighted by atomic mass is 16.5. The molecule has 1 atom stereocenters. The summed E-state index contributed by atoms with van der Waals surface area (Å²) in [7, 11) is 1.79. The van der Waals surface area contributed by atoms with Crippen LogP contribution in [-0.2, 0) is 9.53 Å². The number of carbonyl (C=O) groups is 1. The molecule has 25 heavy (non-hydrogen) atoms. The Morgan fingerprint density at radius 1 is 1.24 bits per heavy atom. The van der Waals surface area contributed by atoms with Crippen molar-refractivity contribution in [1.29, 1.82) is 0 Å². The van der Waals surface area contributed by atoms with Crippen molar-refractivity contribution in [2.24, 2.45) is 10.9 Å². The number of rotatable bonds is 9. The number of morpholine rings is 1. The maximum Gasteiger partial charge on any atom is 0.220 e. The van der Waals surface area contributed by atoms with E-state index in [1.54, 1.807) is 7.05 Å². The molecular formula is C18H35N5O2. The summed E-state index contributed by atoms with van der Waals surface area (Å²) in [5, 5.41) is 9.76. The van der Waals surface area contributed by atoms with Crippen molar-refractivity contribution in [3.8, 4) is 0 Å². The van der Waals surface area contributed by atoms with Gasteiger partial charge < -0.3 is 20.7 Å². The number of nitrogens with zero attached hydrogens (tertiary/aromatic N) is 2. The lowest BCUT2D eigenvalue weighted by Gasteiger charge is -2.37. The predicted molar refractivity (Wildman–Crippen MR) is 101 cm³/mol. The van der Waals surface area contributed by atoms with Crippen LogP contribution in [0.1, 0.15) is 39.5 Å². The molecule has 1 aliphatic heterocycles. The zero-order valence-electron chi connectivity index (χ0n) is 16.0. The Hall–Kier alpha value is -1.34. The van der Waals surface area contributed by atoms with Gasteiger partial charge in [0, 0.05) is 51.7 Å². The third-order valence-electron chi connectivity index (χ3n) is 4.80. The van der Waals surface area contributed by atoms with E-state index in [0.29, 0.717) is 24.4 Å². The molecule has 7 nitrogen and oxygen atoms in total. The molecule has 7 heteroatoms. The summed E-state index contributed by atoms with van der Waals surface area (Å²) in [6, 6.07) is 0.912. The molecule has 0 aromatic carbocycles. The molecule has 1 amide bonds. The first-order valence-electron chi connectivity index (χ1n) is 9.66. The third kappa shape index (κ3) is 7.61. The van der Waals surface area contributed by atoms with Crippen LogP contribution >= 0.6 is 0 Å². The lowest BCUT2D eigenvalue weighted by Crippen LogP contribution is -2.52. The Morgan fingerprint density at radius 3 is 2.56 bits per heavy atom. The van der Waals surface area contributed by atoms with Gasteiger partial charge in [-0.25, -0.2) is 0 Å². The number of ether oxygens (including phenoxy) is 1. The first-order valence-corrected chi connectivity index (χ1v) is 9.66. The highest BCUT2D eigenvalue weighted by molar-refractivity contribution is 5.80. The number of aliphatic imine (C=N–C) groups is 1. The Morgan fingerprint density at radius 2 is 1.96 bits per heavy atom. The molecule has 1 unspecified atom stereocenters. The number of amides is 1. The molecule has 1 saturated carbocycles. The molecule has 2 rings (SSSR count). The number of carbonyl (C=O) groups excluding carboxylic acids is 1. The monoisotopic (exact) mass is 353 g/mol. The van der Waals surface area contributed by atoms with Crippen molar-refractivity contribution >= 4 is 11.9 Å². The first-order chi connectivity index (χ1) is 12.1. The van der Waals surface area contributed by atoms with Crippen LogP contribution in [0.4, 0.5) is 0 Å². The Kier molecular flexibility index (Phi) is 8.48. The van der Waals surface area contributed by atoms with Gasteiger partial charge in [0.25, 0.3) is 0 Å². The summed E-state index contributed by atoms with van der Waals surface area (Å²) >= 11 is 0. The van der Waals surface area contributed by atoms with Crippen LogP contribution in [0.25, 0.3) is 0 Å². The molecule has 3 N–H and O–H groups in total. The second-order valence-electron chi connectivity index (χ2n) is 7.28. The Balaban J connectivity index is 1.64. The van der Waals surface area contributed by atoms with Crippen LogP contribution in [0, 0.1) is 5.92 Å². The molecule has 2 fully saturated rings. The summed E-state index contributed by atoms with van der Waals surface area (Å²) in [6.45, 7) is 9.76. The van der Waals surface area contributed by atoms with Crippen LogP contribution in [0.5, 0.6) is 0 Å². The van der Waals surface area contributed by atoms with Gasteiger partial charge in [-0.3, -0.25) is 14.7 Å². The smallest absolute Gasteiger partial charge is 0.220 e. The average molecular weight is 354 g/mol. The van der Waals surface area contributed by atoms with Gasteiger partial charge in [0.1, 0.15) is 0 Å². The predicted octanol–water partition coefficient (Wildman–Crippen LogP) is 0.567. The lowest BCUT2D eigenvalue weighted by molar-refractivity contribution is -0.121. The molecule has 0 spiro atoms. The highest BCUT2D eigenvalue weighted by Crippen LogP contribution is 2.18. The van der Waals surface area contributed by atoms with Crippen LogP contribution in [0.3, 0.4) is 0 Å². The van der Waals surface area contributed by atoms with E-state index in [1.165, 1.54) is 0 Å². The topological polar surface area (TPSA) is 78.0 Å². The SMILES string of the molecule is CN=C(NCCCC(=O)NC1CC1)NCC(C(C)C)N1CCOCC1. The van der Waals surface area contributed by atoms with E-state index < -0.39 is 0 Å².